The van der Waals surface area contributed by atoms with Gasteiger partial charge in [-0.2, -0.15) is 26.3 Å². The van der Waals surface area contributed by atoms with Crippen molar-refractivity contribution in [1.82, 2.24) is 10.6 Å². The molecule has 22 heavy (non-hydrogen) atoms. The summed E-state index contributed by atoms with van der Waals surface area (Å²) >= 11 is 0. The molecular weight excluding hydrogens is 310 g/mol. The van der Waals surface area contributed by atoms with E-state index in [4.69, 9.17) is 0 Å². The van der Waals surface area contributed by atoms with E-state index in [1.165, 1.54) is 0 Å². The van der Waals surface area contributed by atoms with E-state index in [1.807, 2.05) is 0 Å². The number of halogens is 6. The van der Waals surface area contributed by atoms with E-state index in [9.17, 15) is 26.3 Å². The summed E-state index contributed by atoms with van der Waals surface area (Å²) in [6, 6.07) is 1.87. The van der Waals surface area contributed by atoms with Crippen LogP contribution in [0.25, 0.3) is 0 Å². The lowest BCUT2D eigenvalue weighted by Gasteiger charge is -2.15. The molecule has 1 saturated heterocycles. The summed E-state index contributed by atoms with van der Waals surface area (Å²) < 4.78 is 76.2. The highest BCUT2D eigenvalue weighted by Gasteiger charge is 2.36. The maximum atomic E-state index is 12.7. The smallest absolute Gasteiger partial charge is 0.313 e. The van der Waals surface area contributed by atoms with Crippen LogP contribution in [0, 0.1) is 0 Å². The molecule has 1 aromatic carbocycles. The standard InChI is InChI=1S/C14H16F6N2/c15-13(16,17)10-4-9(5-11(6-10)14(18,19)20)7-21-8-12-2-1-3-22-12/h4-6,12,21-22H,1-3,7-8H2. The first-order valence-electron chi connectivity index (χ1n) is 6.89. The van der Waals surface area contributed by atoms with E-state index in [2.05, 4.69) is 10.6 Å². The molecule has 0 saturated carbocycles. The molecule has 124 valence electrons. The summed E-state index contributed by atoms with van der Waals surface area (Å²) in [6.07, 6.45) is -7.64. The van der Waals surface area contributed by atoms with Crippen LogP contribution in [-0.4, -0.2) is 19.1 Å². The first-order chi connectivity index (χ1) is 10.2. The molecule has 0 spiro atoms. The molecule has 1 heterocycles. The van der Waals surface area contributed by atoms with Crippen molar-refractivity contribution in [2.75, 3.05) is 13.1 Å². The van der Waals surface area contributed by atoms with E-state index in [-0.39, 0.29) is 24.2 Å². The minimum atomic E-state index is -4.80. The summed E-state index contributed by atoms with van der Waals surface area (Å²) in [7, 11) is 0. The van der Waals surface area contributed by atoms with Crippen LogP contribution in [0.1, 0.15) is 29.5 Å². The van der Waals surface area contributed by atoms with Gasteiger partial charge in [0.25, 0.3) is 0 Å². The fraction of sp³-hybridized carbons (Fsp3) is 0.571. The lowest BCUT2D eigenvalue weighted by Crippen LogP contribution is -2.33. The van der Waals surface area contributed by atoms with Gasteiger partial charge >= 0.3 is 12.4 Å². The van der Waals surface area contributed by atoms with Gasteiger partial charge in [-0.3, -0.25) is 0 Å². The highest BCUT2D eigenvalue weighted by molar-refractivity contribution is 5.33. The Hall–Kier alpha value is -1.28. The predicted molar refractivity (Wildman–Crippen MR) is 69.2 cm³/mol. The second-order valence-corrected chi connectivity index (χ2v) is 5.34. The molecule has 2 N–H and O–H groups in total. The Balaban J connectivity index is 2.11. The Morgan fingerprint density at radius 3 is 2.05 bits per heavy atom. The summed E-state index contributed by atoms with van der Waals surface area (Å²) in [5.41, 5.74) is -2.59. The van der Waals surface area contributed by atoms with Crippen molar-refractivity contribution in [2.45, 2.75) is 37.8 Å². The zero-order valence-corrected chi connectivity index (χ0v) is 11.6. The Labute approximate surface area is 123 Å². The zero-order valence-electron chi connectivity index (χ0n) is 11.6. The van der Waals surface area contributed by atoms with Crippen LogP contribution in [0.3, 0.4) is 0 Å². The average molecular weight is 326 g/mol. The minimum Gasteiger partial charge on any atom is -0.313 e. The lowest BCUT2D eigenvalue weighted by atomic mass is 10.0. The molecule has 2 rings (SSSR count). The lowest BCUT2D eigenvalue weighted by molar-refractivity contribution is -0.143. The SMILES string of the molecule is FC(F)(F)c1cc(CNCC2CCCN2)cc(C(F)(F)F)c1. The molecule has 1 aliphatic heterocycles. The van der Waals surface area contributed by atoms with E-state index in [0.717, 1.165) is 31.5 Å². The van der Waals surface area contributed by atoms with Gasteiger partial charge in [0.15, 0.2) is 0 Å². The van der Waals surface area contributed by atoms with Crippen LogP contribution >= 0.6 is 0 Å². The van der Waals surface area contributed by atoms with Gasteiger partial charge < -0.3 is 10.6 Å². The third-order valence-corrected chi connectivity index (χ3v) is 3.53. The van der Waals surface area contributed by atoms with Crippen molar-refractivity contribution in [3.8, 4) is 0 Å². The third-order valence-electron chi connectivity index (χ3n) is 3.53. The highest BCUT2D eigenvalue weighted by Crippen LogP contribution is 2.36. The molecule has 1 aromatic rings. The predicted octanol–water partition coefficient (Wildman–Crippen LogP) is 3.57. The first kappa shape index (κ1) is 17.1. The molecule has 1 atom stereocenters. The Bertz CT molecular complexity index is 471. The summed E-state index contributed by atoms with van der Waals surface area (Å²) in [5, 5.41) is 6.10. The van der Waals surface area contributed by atoms with Gasteiger partial charge in [-0.15, -0.1) is 0 Å². The minimum absolute atomic E-state index is 0.0276. The van der Waals surface area contributed by atoms with Gasteiger partial charge in [0.1, 0.15) is 0 Å². The third kappa shape index (κ3) is 4.61. The second kappa shape index (κ2) is 6.45. The molecule has 0 aliphatic carbocycles. The molecule has 1 unspecified atom stereocenters. The largest absolute Gasteiger partial charge is 0.416 e. The molecule has 0 amide bonds. The van der Waals surface area contributed by atoms with E-state index in [0.29, 0.717) is 6.54 Å². The fourth-order valence-corrected chi connectivity index (χ4v) is 2.44. The number of hydrogen-bond acceptors (Lipinski definition) is 2. The molecule has 0 bridgehead atoms. The van der Waals surface area contributed by atoms with Crippen LogP contribution in [-0.2, 0) is 18.9 Å². The Kier molecular flexibility index (Phi) is 5.01. The summed E-state index contributed by atoms with van der Waals surface area (Å²) in [5.74, 6) is 0. The van der Waals surface area contributed by atoms with E-state index in [1.54, 1.807) is 0 Å². The topological polar surface area (TPSA) is 24.1 Å². The van der Waals surface area contributed by atoms with Crippen LogP contribution in [0.4, 0.5) is 26.3 Å². The van der Waals surface area contributed by atoms with Gasteiger partial charge in [0.05, 0.1) is 11.1 Å². The van der Waals surface area contributed by atoms with Gasteiger partial charge in [0, 0.05) is 19.1 Å². The Morgan fingerprint density at radius 1 is 1.00 bits per heavy atom. The van der Waals surface area contributed by atoms with Crippen molar-refractivity contribution in [3.05, 3.63) is 34.9 Å². The van der Waals surface area contributed by atoms with Crippen molar-refractivity contribution in [1.29, 1.82) is 0 Å². The van der Waals surface area contributed by atoms with Crippen molar-refractivity contribution < 1.29 is 26.3 Å². The second-order valence-electron chi connectivity index (χ2n) is 5.34. The molecule has 2 nitrogen and oxygen atoms in total. The van der Waals surface area contributed by atoms with Gasteiger partial charge in [0.2, 0.25) is 0 Å². The highest BCUT2D eigenvalue weighted by atomic mass is 19.4. The maximum absolute atomic E-state index is 12.7. The van der Waals surface area contributed by atoms with E-state index < -0.39 is 23.5 Å². The van der Waals surface area contributed by atoms with Crippen molar-refractivity contribution in [3.63, 3.8) is 0 Å². The summed E-state index contributed by atoms with van der Waals surface area (Å²) in [6.45, 7) is 1.36. The molecular formula is C14H16F6N2. The zero-order chi connectivity index (χ0) is 16.4. The molecule has 0 radical (unpaired) electrons. The quantitative estimate of drug-likeness (QED) is 0.827. The maximum Gasteiger partial charge on any atom is 0.416 e. The van der Waals surface area contributed by atoms with Gasteiger partial charge in [-0.1, -0.05) is 0 Å². The van der Waals surface area contributed by atoms with Crippen molar-refractivity contribution >= 4 is 0 Å². The normalized spacial score (nSPS) is 19.6. The fourth-order valence-electron chi connectivity index (χ4n) is 2.44. The van der Waals surface area contributed by atoms with Crippen LogP contribution in [0.15, 0.2) is 18.2 Å². The number of nitrogens with one attached hydrogen (secondary N) is 2. The summed E-state index contributed by atoms with van der Waals surface area (Å²) in [4.78, 5) is 0. The first-order valence-corrected chi connectivity index (χ1v) is 6.89. The molecule has 8 heteroatoms. The van der Waals surface area contributed by atoms with Crippen molar-refractivity contribution in [2.24, 2.45) is 0 Å². The number of hydrogen-bond donors (Lipinski definition) is 2. The molecule has 1 fully saturated rings. The van der Waals surface area contributed by atoms with Crippen LogP contribution < -0.4 is 10.6 Å². The number of alkyl halides is 6. The average Bonchev–Trinajstić information content (AvgIpc) is 2.89. The van der Waals surface area contributed by atoms with Crippen LogP contribution in [0.5, 0.6) is 0 Å². The van der Waals surface area contributed by atoms with Crippen LogP contribution in [0.2, 0.25) is 0 Å². The number of benzene rings is 1. The monoisotopic (exact) mass is 326 g/mol. The number of rotatable bonds is 4. The van der Waals surface area contributed by atoms with Gasteiger partial charge in [-0.25, -0.2) is 0 Å². The van der Waals surface area contributed by atoms with Gasteiger partial charge in [-0.05, 0) is 43.1 Å². The molecule has 0 aromatic heterocycles. The van der Waals surface area contributed by atoms with E-state index >= 15 is 0 Å². The molecule has 1 aliphatic rings. The Morgan fingerprint density at radius 2 is 1.59 bits per heavy atom.